The van der Waals surface area contributed by atoms with Gasteiger partial charge in [-0.05, 0) is 23.3 Å². The lowest BCUT2D eigenvalue weighted by Gasteiger charge is -2.08. The Balaban J connectivity index is 1.90. The van der Waals surface area contributed by atoms with Crippen LogP contribution in [0.1, 0.15) is 22.5 Å². The van der Waals surface area contributed by atoms with Crippen molar-refractivity contribution in [3.63, 3.8) is 0 Å². The molecular weight excluding hydrogens is 296 g/mol. The van der Waals surface area contributed by atoms with Gasteiger partial charge >= 0.3 is 0 Å². The first kappa shape index (κ1) is 14.8. The zero-order chi connectivity index (χ0) is 15.4. The molecule has 0 unspecified atom stereocenters. The summed E-state index contributed by atoms with van der Waals surface area (Å²) in [5.41, 5.74) is 9.99. The molecule has 3 aromatic rings. The van der Waals surface area contributed by atoms with Gasteiger partial charge in [-0.3, -0.25) is 0 Å². The maximum absolute atomic E-state index is 6.05. The molecule has 5 heteroatoms. The number of rotatable bonds is 5. The lowest BCUT2D eigenvalue weighted by Crippen LogP contribution is -2.09. The molecule has 0 aliphatic rings. The van der Waals surface area contributed by atoms with Gasteiger partial charge in [-0.2, -0.15) is 0 Å². The van der Waals surface area contributed by atoms with Crippen molar-refractivity contribution < 1.29 is 0 Å². The van der Waals surface area contributed by atoms with Crippen LogP contribution in [0.3, 0.4) is 0 Å². The van der Waals surface area contributed by atoms with Gasteiger partial charge in [0.25, 0.3) is 0 Å². The summed E-state index contributed by atoms with van der Waals surface area (Å²) >= 11 is 6.05. The lowest BCUT2D eigenvalue weighted by molar-refractivity contribution is 0.625. The van der Waals surface area contributed by atoms with Crippen LogP contribution in [-0.4, -0.2) is 15.0 Å². The number of halogens is 1. The smallest absolute Gasteiger partial charge is 0.0998 e. The van der Waals surface area contributed by atoms with Gasteiger partial charge in [0.15, 0.2) is 0 Å². The van der Waals surface area contributed by atoms with Gasteiger partial charge in [-0.1, -0.05) is 59.3 Å². The molecule has 1 aromatic heterocycles. The van der Waals surface area contributed by atoms with E-state index in [0.29, 0.717) is 13.1 Å². The van der Waals surface area contributed by atoms with Crippen molar-refractivity contribution in [2.45, 2.75) is 19.5 Å². The van der Waals surface area contributed by atoms with E-state index < -0.39 is 0 Å². The third kappa shape index (κ3) is 3.35. The summed E-state index contributed by atoms with van der Waals surface area (Å²) in [6.45, 7) is 1.02. The summed E-state index contributed by atoms with van der Waals surface area (Å²) in [5.74, 6) is 0. The van der Waals surface area contributed by atoms with Crippen molar-refractivity contribution in [2.75, 3.05) is 0 Å². The van der Waals surface area contributed by atoms with E-state index in [1.807, 2.05) is 47.1 Å². The SMILES string of the molecule is NCc1nnn(Cc2cccc(Cl)c2)c1Cc1ccccc1. The molecule has 3 rings (SSSR count). The zero-order valence-corrected chi connectivity index (χ0v) is 12.9. The molecular formula is C17H17ClN4. The summed E-state index contributed by atoms with van der Waals surface area (Å²) in [4.78, 5) is 0. The van der Waals surface area contributed by atoms with E-state index in [1.54, 1.807) is 0 Å². The molecule has 112 valence electrons. The van der Waals surface area contributed by atoms with Crippen molar-refractivity contribution in [1.29, 1.82) is 0 Å². The molecule has 0 saturated heterocycles. The Morgan fingerprint density at radius 3 is 2.50 bits per heavy atom. The second kappa shape index (κ2) is 6.73. The van der Waals surface area contributed by atoms with Crippen molar-refractivity contribution in [3.05, 3.63) is 82.1 Å². The molecule has 0 bridgehead atoms. The van der Waals surface area contributed by atoms with Crippen LogP contribution in [0.4, 0.5) is 0 Å². The molecule has 2 N–H and O–H groups in total. The summed E-state index contributed by atoms with van der Waals surface area (Å²) in [6.07, 6.45) is 0.765. The molecule has 0 radical (unpaired) electrons. The minimum Gasteiger partial charge on any atom is -0.325 e. The van der Waals surface area contributed by atoms with Crippen molar-refractivity contribution in [2.24, 2.45) is 5.73 Å². The van der Waals surface area contributed by atoms with Crippen LogP contribution in [0, 0.1) is 0 Å². The zero-order valence-electron chi connectivity index (χ0n) is 12.1. The van der Waals surface area contributed by atoms with Crippen LogP contribution in [0.5, 0.6) is 0 Å². The highest BCUT2D eigenvalue weighted by Gasteiger charge is 2.12. The van der Waals surface area contributed by atoms with Crippen LogP contribution in [0.15, 0.2) is 54.6 Å². The number of benzene rings is 2. The predicted octanol–water partition coefficient (Wildman–Crippen LogP) is 3.03. The number of nitrogens with zero attached hydrogens (tertiary/aromatic N) is 3. The molecule has 0 saturated carbocycles. The van der Waals surface area contributed by atoms with Crippen LogP contribution in [0.2, 0.25) is 5.02 Å². The fourth-order valence-electron chi connectivity index (χ4n) is 2.45. The Bertz CT molecular complexity index is 752. The van der Waals surface area contributed by atoms with Gasteiger partial charge in [0, 0.05) is 18.0 Å². The molecule has 0 atom stereocenters. The maximum Gasteiger partial charge on any atom is 0.0998 e. The first-order chi connectivity index (χ1) is 10.8. The topological polar surface area (TPSA) is 56.7 Å². The standard InChI is InChI=1S/C17H17ClN4/c18-15-8-4-7-14(9-15)12-22-17(16(11-19)20-21-22)10-13-5-2-1-3-6-13/h1-9H,10-12,19H2. The quantitative estimate of drug-likeness (QED) is 0.788. The molecule has 0 amide bonds. The molecule has 0 fully saturated rings. The Labute approximate surface area is 134 Å². The fraction of sp³-hybridized carbons (Fsp3) is 0.176. The van der Waals surface area contributed by atoms with Crippen LogP contribution < -0.4 is 5.73 Å². The average molecular weight is 313 g/mol. The van der Waals surface area contributed by atoms with Crippen molar-refractivity contribution in [3.8, 4) is 0 Å². The van der Waals surface area contributed by atoms with Gasteiger partial charge in [-0.25, -0.2) is 4.68 Å². The molecule has 1 heterocycles. The average Bonchev–Trinajstić information content (AvgIpc) is 2.90. The molecule has 22 heavy (non-hydrogen) atoms. The largest absolute Gasteiger partial charge is 0.325 e. The Morgan fingerprint density at radius 2 is 1.77 bits per heavy atom. The van der Waals surface area contributed by atoms with E-state index in [-0.39, 0.29) is 0 Å². The van der Waals surface area contributed by atoms with Gasteiger partial charge in [0.05, 0.1) is 17.9 Å². The molecule has 2 aromatic carbocycles. The van der Waals surface area contributed by atoms with E-state index in [0.717, 1.165) is 28.4 Å². The van der Waals surface area contributed by atoms with Crippen LogP contribution in [0.25, 0.3) is 0 Å². The van der Waals surface area contributed by atoms with E-state index in [9.17, 15) is 0 Å². The van der Waals surface area contributed by atoms with Gasteiger partial charge in [0.2, 0.25) is 0 Å². The lowest BCUT2D eigenvalue weighted by atomic mass is 10.1. The molecule has 4 nitrogen and oxygen atoms in total. The number of hydrogen-bond donors (Lipinski definition) is 1. The monoisotopic (exact) mass is 312 g/mol. The Hall–Kier alpha value is -2.17. The minimum absolute atomic E-state index is 0.387. The van der Waals surface area contributed by atoms with E-state index in [4.69, 9.17) is 17.3 Å². The maximum atomic E-state index is 6.05. The predicted molar refractivity (Wildman–Crippen MR) is 87.7 cm³/mol. The number of hydrogen-bond acceptors (Lipinski definition) is 3. The normalized spacial score (nSPS) is 10.8. The number of nitrogens with two attached hydrogens (primary N) is 1. The Morgan fingerprint density at radius 1 is 1.00 bits per heavy atom. The minimum atomic E-state index is 0.387. The number of aromatic nitrogens is 3. The van der Waals surface area contributed by atoms with Crippen LogP contribution >= 0.6 is 11.6 Å². The molecule has 0 aliphatic heterocycles. The highest BCUT2D eigenvalue weighted by Crippen LogP contribution is 2.16. The van der Waals surface area contributed by atoms with Crippen molar-refractivity contribution >= 4 is 11.6 Å². The van der Waals surface area contributed by atoms with E-state index in [2.05, 4.69) is 22.4 Å². The second-order valence-corrected chi connectivity index (χ2v) is 5.57. The molecule has 0 spiro atoms. The first-order valence-corrected chi connectivity index (χ1v) is 7.53. The summed E-state index contributed by atoms with van der Waals surface area (Å²) in [6, 6.07) is 18.0. The molecule has 0 aliphatic carbocycles. The van der Waals surface area contributed by atoms with Gasteiger partial charge < -0.3 is 5.73 Å². The van der Waals surface area contributed by atoms with E-state index in [1.165, 1.54) is 5.56 Å². The first-order valence-electron chi connectivity index (χ1n) is 7.16. The second-order valence-electron chi connectivity index (χ2n) is 5.14. The summed E-state index contributed by atoms with van der Waals surface area (Å²) in [7, 11) is 0. The van der Waals surface area contributed by atoms with Gasteiger partial charge in [0.1, 0.15) is 0 Å². The fourth-order valence-corrected chi connectivity index (χ4v) is 2.66. The van der Waals surface area contributed by atoms with Crippen molar-refractivity contribution in [1.82, 2.24) is 15.0 Å². The van der Waals surface area contributed by atoms with Gasteiger partial charge in [-0.15, -0.1) is 5.10 Å². The summed E-state index contributed by atoms with van der Waals surface area (Å²) < 4.78 is 1.90. The van der Waals surface area contributed by atoms with Crippen LogP contribution in [-0.2, 0) is 19.5 Å². The third-order valence-electron chi connectivity index (χ3n) is 3.55. The highest BCUT2D eigenvalue weighted by atomic mass is 35.5. The Kier molecular flexibility index (Phi) is 4.51. The summed E-state index contributed by atoms with van der Waals surface area (Å²) in [5, 5.41) is 9.18. The highest BCUT2D eigenvalue weighted by molar-refractivity contribution is 6.30. The third-order valence-corrected chi connectivity index (χ3v) is 3.78. The van der Waals surface area contributed by atoms with E-state index >= 15 is 0 Å².